The molecule has 2 fully saturated rings. The fourth-order valence-electron chi connectivity index (χ4n) is 2.67. The number of piperazine rings is 1. The van der Waals surface area contributed by atoms with Gasteiger partial charge >= 0.3 is 0 Å². The third-order valence-electron chi connectivity index (χ3n) is 3.50. The monoisotopic (exact) mass is 228 g/mol. The maximum atomic E-state index is 12.5. The quantitative estimate of drug-likeness (QED) is 0.564. The van der Waals surface area contributed by atoms with Crippen LogP contribution in [0.2, 0.25) is 0 Å². The second-order valence-corrected chi connectivity index (χ2v) is 4.50. The van der Waals surface area contributed by atoms with Crippen molar-refractivity contribution in [2.24, 2.45) is 0 Å². The minimum Gasteiger partial charge on any atom is -0.373 e. The molecule has 4 nitrogen and oxygen atoms in total. The maximum Gasteiger partial charge on any atom is 0.189 e. The number of carbonyl (C=O) groups is 1. The van der Waals surface area contributed by atoms with Crippen LogP contribution >= 0.6 is 0 Å². The van der Waals surface area contributed by atoms with E-state index < -0.39 is 5.54 Å². The third-order valence-corrected chi connectivity index (χ3v) is 3.50. The van der Waals surface area contributed by atoms with Crippen LogP contribution in [0.15, 0.2) is 36.0 Å². The summed E-state index contributed by atoms with van der Waals surface area (Å²) in [6.07, 6.45) is 0.630. The number of Topliss-reactive ketones (excluding diaryl/α,β-unsaturated/α-hetero) is 1. The van der Waals surface area contributed by atoms with Crippen LogP contribution < -0.4 is 10.6 Å². The van der Waals surface area contributed by atoms with E-state index in [0.29, 0.717) is 24.2 Å². The van der Waals surface area contributed by atoms with Crippen LogP contribution in [0.3, 0.4) is 0 Å². The van der Waals surface area contributed by atoms with Crippen molar-refractivity contribution in [1.29, 1.82) is 0 Å². The van der Waals surface area contributed by atoms with E-state index in [1.165, 1.54) is 0 Å². The number of fused-ring (bicyclic) bond motifs is 2. The molecule has 0 saturated carbocycles. The summed E-state index contributed by atoms with van der Waals surface area (Å²) in [5, 5.41) is 6.20. The molecule has 2 heterocycles. The molecule has 2 N–H and O–H groups in total. The van der Waals surface area contributed by atoms with E-state index in [0.717, 1.165) is 0 Å². The second kappa shape index (κ2) is 3.55. The predicted molar refractivity (Wildman–Crippen MR) is 62.3 cm³/mol. The Hall–Kier alpha value is -1.90. The molecule has 3 rings (SSSR count). The molecular formula is C13H12N2O2. The van der Waals surface area contributed by atoms with Gasteiger partial charge in [-0.2, -0.15) is 0 Å². The van der Waals surface area contributed by atoms with Gasteiger partial charge in [0.25, 0.3) is 0 Å². The van der Waals surface area contributed by atoms with Gasteiger partial charge in [0.2, 0.25) is 0 Å². The maximum absolute atomic E-state index is 12.5. The van der Waals surface area contributed by atoms with Gasteiger partial charge in [0.1, 0.15) is 17.2 Å². The van der Waals surface area contributed by atoms with Gasteiger partial charge in [-0.3, -0.25) is 10.1 Å². The van der Waals surface area contributed by atoms with Crippen LogP contribution in [0.4, 0.5) is 0 Å². The van der Waals surface area contributed by atoms with Crippen molar-refractivity contribution in [3.8, 4) is 0 Å². The summed E-state index contributed by atoms with van der Waals surface area (Å²) in [7, 11) is 0. The third kappa shape index (κ3) is 1.35. The molecule has 2 unspecified atom stereocenters. The van der Waals surface area contributed by atoms with Crippen molar-refractivity contribution < 1.29 is 9.59 Å². The highest BCUT2D eigenvalue weighted by molar-refractivity contribution is 6.07. The summed E-state index contributed by atoms with van der Waals surface area (Å²) >= 11 is 0. The molecule has 0 aliphatic carbocycles. The Morgan fingerprint density at radius 2 is 2.12 bits per heavy atom. The highest BCUT2D eigenvalue weighted by Crippen LogP contribution is 2.35. The highest BCUT2D eigenvalue weighted by atomic mass is 16.1. The molecule has 17 heavy (non-hydrogen) atoms. The molecule has 4 heteroatoms. The zero-order valence-corrected chi connectivity index (χ0v) is 9.19. The fourth-order valence-corrected chi connectivity index (χ4v) is 2.67. The molecule has 2 aliphatic rings. The van der Waals surface area contributed by atoms with Crippen molar-refractivity contribution >= 4 is 11.7 Å². The van der Waals surface area contributed by atoms with Crippen molar-refractivity contribution in [2.75, 3.05) is 6.54 Å². The Balaban J connectivity index is 2.04. The summed E-state index contributed by atoms with van der Waals surface area (Å²) < 4.78 is 0. The summed E-state index contributed by atoms with van der Waals surface area (Å²) in [6, 6.07) is 9.22. The van der Waals surface area contributed by atoms with Crippen LogP contribution in [0, 0.1) is 0 Å². The lowest BCUT2D eigenvalue weighted by atomic mass is 9.87. The standard InChI is InChI=1S/C13H12N2O2/c16-8-11-13(6-10(15-11)7-14-13)12(17)9-4-2-1-3-5-9/h1-5,10,14-15H,6-7H2. The van der Waals surface area contributed by atoms with E-state index in [1.54, 1.807) is 12.1 Å². The Morgan fingerprint density at radius 1 is 1.35 bits per heavy atom. The predicted octanol–water partition coefficient (Wildman–Crippen LogP) is 0.289. The Bertz CT molecular complexity index is 519. The largest absolute Gasteiger partial charge is 0.373 e. The van der Waals surface area contributed by atoms with E-state index in [-0.39, 0.29) is 11.8 Å². The molecule has 2 bridgehead atoms. The van der Waals surface area contributed by atoms with Crippen LogP contribution in [-0.2, 0) is 4.79 Å². The first-order chi connectivity index (χ1) is 8.26. The number of nitrogens with one attached hydrogen (secondary N) is 2. The topological polar surface area (TPSA) is 58.2 Å². The van der Waals surface area contributed by atoms with Crippen LogP contribution in [0.5, 0.6) is 0 Å². The van der Waals surface area contributed by atoms with E-state index >= 15 is 0 Å². The highest BCUT2D eigenvalue weighted by Gasteiger charge is 2.54. The molecule has 0 amide bonds. The molecule has 2 atom stereocenters. The lowest BCUT2D eigenvalue weighted by Crippen LogP contribution is -2.53. The summed E-state index contributed by atoms with van der Waals surface area (Å²) in [4.78, 5) is 23.4. The number of carbonyl (C=O) groups excluding carboxylic acids is 2. The van der Waals surface area contributed by atoms with Crippen LogP contribution in [0.1, 0.15) is 16.8 Å². The average molecular weight is 228 g/mol. The zero-order chi connectivity index (χ0) is 11.9. The summed E-state index contributed by atoms with van der Waals surface area (Å²) in [5.41, 5.74) is 0.105. The number of hydrogen-bond acceptors (Lipinski definition) is 4. The molecule has 86 valence electrons. The number of ketones is 1. The minimum absolute atomic E-state index is 0.0519. The van der Waals surface area contributed by atoms with Gasteiger partial charge in [-0.25, -0.2) is 4.79 Å². The van der Waals surface area contributed by atoms with Gasteiger partial charge in [-0.05, 0) is 0 Å². The van der Waals surface area contributed by atoms with E-state index in [4.69, 9.17) is 0 Å². The van der Waals surface area contributed by atoms with E-state index in [1.807, 2.05) is 24.1 Å². The molecule has 1 aromatic carbocycles. The van der Waals surface area contributed by atoms with Gasteiger partial charge in [0, 0.05) is 24.6 Å². The Morgan fingerprint density at radius 3 is 2.76 bits per heavy atom. The SMILES string of the molecule is O=C=C1NC2CNC1(C(=O)c1ccccc1)C2. The molecule has 0 spiro atoms. The van der Waals surface area contributed by atoms with Gasteiger partial charge in [-0.1, -0.05) is 30.3 Å². The van der Waals surface area contributed by atoms with Gasteiger partial charge in [0.15, 0.2) is 5.78 Å². The fraction of sp³-hybridized carbons (Fsp3) is 0.308. The average Bonchev–Trinajstić information content (AvgIpc) is 2.97. The smallest absolute Gasteiger partial charge is 0.189 e. The van der Waals surface area contributed by atoms with Crippen LogP contribution in [0.25, 0.3) is 0 Å². The molecular weight excluding hydrogens is 216 g/mol. The summed E-state index contributed by atoms with van der Waals surface area (Å²) in [5.74, 6) is 1.81. The normalized spacial score (nSPS) is 29.9. The lowest BCUT2D eigenvalue weighted by molar-refractivity contribution is 0.0902. The number of benzene rings is 1. The first-order valence-corrected chi connectivity index (χ1v) is 5.63. The van der Waals surface area contributed by atoms with Crippen molar-refractivity contribution in [3.05, 3.63) is 41.6 Å². The Labute approximate surface area is 98.7 Å². The van der Waals surface area contributed by atoms with Gasteiger partial charge in [0.05, 0.1) is 0 Å². The molecule has 1 aromatic rings. The van der Waals surface area contributed by atoms with E-state index in [9.17, 15) is 9.59 Å². The molecule has 2 aliphatic heterocycles. The van der Waals surface area contributed by atoms with Crippen molar-refractivity contribution in [1.82, 2.24) is 10.6 Å². The van der Waals surface area contributed by atoms with E-state index in [2.05, 4.69) is 10.6 Å². The first kappa shape index (κ1) is 10.3. The summed E-state index contributed by atoms with van der Waals surface area (Å²) in [6.45, 7) is 0.712. The number of hydrogen-bond donors (Lipinski definition) is 2. The van der Waals surface area contributed by atoms with Gasteiger partial charge < -0.3 is 5.32 Å². The van der Waals surface area contributed by atoms with Crippen LogP contribution in [-0.4, -0.2) is 29.9 Å². The molecule has 2 saturated heterocycles. The second-order valence-electron chi connectivity index (χ2n) is 4.50. The molecule has 0 aromatic heterocycles. The van der Waals surface area contributed by atoms with Crippen molar-refractivity contribution in [2.45, 2.75) is 18.0 Å². The number of rotatable bonds is 2. The minimum atomic E-state index is -0.867. The zero-order valence-electron chi connectivity index (χ0n) is 9.19. The first-order valence-electron chi connectivity index (χ1n) is 5.63. The Kier molecular flexibility index (Phi) is 2.15. The van der Waals surface area contributed by atoms with Crippen molar-refractivity contribution in [3.63, 3.8) is 0 Å². The molecule has 0 radical (unpaired) electrons. The van der Waals surface area contributed by atoms with Gasteiger partial charge in [-0.15, -0.1) is 0 Å². The lowest BCUT2D eigenvalue weighted by Gasteiger charge is -2.26.